The highest BCUT2D eigenvalue weighted by Crippen LogP contribution is 2.34. The van der Waals surface area contributed by atoms with Crippen molar-refractivity contribution in [2.24, 2.45) is 5.92 Å². The van der Waals surface area contributed by atoms with Gasteiger partial charge in [0.15, 0.2) is 9.84 Å². The summed E-state index contributed by atoms with van der Waals surface area (Å²) < 4.78 is 29.1. The van der Waals surface area contributed by atoms with E-state index >= 15 is 0 Å². The fourth-order valence-corrected chi connectivity index (χ4v) is 5.74. The lowest BCUT2D eigenvalue weighted by atomic mass is 9.87. The molecule has 3 atom stereocenters. The Balaban J connectivity index is 1.34. The van der Waals surface area contributed by atoms with Crippen molar-refractivity contribution >= 4 is 21.4 Å². The lowest BCUT2D eigenvalue weighted by Crippen LogP contribution is -2.41. The molecule has 156 valence electrons. The summed E-state index contributed by atoms with van der Waals surface area (Å²) in [7, 11) is -3.17. The predicted octanol–water partition coefficient (Wildman–Crippen LogP) is 4.39. The van der Waals surface area contributed by atoms with E-state index in [2.05, 4.69) is 24.0 Å². The molecule has 1 fully saturated rings. The van der Waals surface area contributed by atoms with Crippen LogP contribution in [0.15, 0.2) is 47.4 Å². The summed E-state index contributed by atoms with van der Waals surface area (Å²) in [6.07, 6.45) is 5.62. The smallest absolute Gasteiger partial charge is 0.175 e. The molecular formula is C23H28ClNO3S. The van der Waals surface area contributed by atoms with Crippen LogP contribution in [0.1, 0.15) is 30.9 Å². The zero-order valence-corrected chi connectivity index (χ0v) is 18.5. The van der Waals surface area contributed by atoms with Crippen molar-refractivity contribution < 1.29 is 13.2 Å². The van der Waals surface area contributed by atoms with Gasteiger partial charge in [-0.05, 0) is 74.1 Å². The molecule has 0 N–H and O–H groups in total. The Morgan fingerprint density at radius 2 is 1.93 bits per heavy atom. The van der Waals surface area contributed by atoms with Crippen LogP contribution < -0.4 is 4.74 Å². The van der Waals surface area contributed by atoms with E-state index in [0.29, 0.717) is 29.5 Å². The van der Waals surface area contributed by atoms with Crippen LogP contribution in [0, 0.1) is 5.92 Å². The second-order valence-electron chi connectivity index (χ2n) is 8.48. The minimum Gasteiger partial charge on any atom is -0.493 e. The first kappa shape index (κ1) is 20.7. The summed E-state index contributed by atoms with van der Waals surface area (Å²) in [5.41, 5.74) is 2.72. The fraction of sp³-hybridized carbons (Fsp3) is 0.478. The molecule has 0 amide bonds. The highest BCUT2D eigenvalue weighted by atomic mass is 35.5. The summed E-state index contributed by atoms with van der Waals surface area (Å²) in [5.74, 6) is 1.21. The second kappa shape index (κ2) is 8.29. The number of sulfone groups is 1. The van der Waals surface area contributed by atoms with E-state index in [-0.39, 0.29) is 0 Å². The van der Waals surface area contributed by atoms with E-state index in [9.17, 15) is 8.42 Å². The zero-order chi connectivity index (χ0) is 20.6. The van der Waals surface area contributed by atoms with Crippen LogP contribution in [-0.4, -0.2) is 44.8 Å². The molecule has 1 aliphatic heterocycles. The van der Waals surface area contributed by atoms with Gasteiger partial charge in [0.2, 0.25) is 0 Å². The molecule has 2 aliphatic rings. The van der Waals surface area contributed by atoms with Gasteiger partial charge in [-0.3, -0.25) is 4.90 Å². The van der Waals surface area contributed by atoms with Crippen LogP contribution in [0.2, 0.25) is 5.02 Å². The topological polar surface area (TPSA) is 46.6 Å². The van der Waals surface area contributed by atoms with Gasteiger partial charge in [0.05, 0.1) is 11.5 Å². The van der Waals surface area contributed by atoms with E-state index in [1.807, 2.05) is 6.07 Å². The summed E-state index contributed by atoms with van der Waals surface area (Å²) in [5, 5.41) is 0.906. The van der Waals surface area contributed by atoms with E-state index in [0.717, 1.165) is 43.0 Å². The summed E-state index contributed by atoms with van der Waals surface area (Å²) >= 11 is 6.37. The maximum atomic E-state index is 11.6. The molecule has 1 heterocycles. The first-order valence-electron chi connectivity index (χ1n) is 10.3. The highest BCUT2D eigenvalue weighted by Gasteiger charge is 2.35. The normalized spacial score (nSPS) is 25.0. The Bertz CT molecular complexity index is 974. The van der Waals surface area contributed by atoms with Crippen molar-refractivity contribution in [1.29, 1.82) is 0 Å². The zero-order valence-electron chi connectivity index (χ0n) is 17.0. The third-order valence-electron chi connectivity index (χ3n) is 6.32. The average Bonchev–Trinajstić information content (AvgIpc) is 3.06. The molecule has 2 aromatic rings. The van der Waals surface area contributed by atoms with Crippen molar-refractivity contribution in [1.82, 2.24) is 4.90 Å². The number of rotatable bonds is 5. The van der Waals surface area contributed by atoms with Gasteiger partial charge in [0.25, 0.3) is 0 Å². The Hall–Kier alpha value is -1.56. The molecule has 0 aromatic heterocycles. The maximum absolute atomic E-state index is 11.6. The molecule has 2 aromatic carbocycles. The van der Waals surface area contributed by atoms with Crippen LogP contribution in [0.5, 0.6) is 5.75 Å². The van der Waals surface area contributed by atoms with Crippen LogP contribution in [0.25, 0.3) is 0 Å². The number of nitrogens with zero attached hydrogens (tertiary/aromatic N) is 1. The van der Waals surface area contributed by atoms with Crippen LogP contribution in [0.4, 0.5) is 0 Å². The Kier molecular flexibility index (Phi) is 5.92. The molecule has 4 rings (SSSR count). The molecule has 4 nitrogen and oxygen atoms in total. The lowest BCUT2D eigenvalue weighted by molar-refractivity contribution is 0.164. The number of hydrogen-bond donors (Lipinski definition) is 0. The van der Waals surface area contributed by atoms with Crippen LogP contribution in [0.3, 0.4) is 0 Å². The van der Waals surface area contributed by atoms with E-state index < -0.39 is 9.84 Å². The van der Waals surface area contributed by atoms with E-state index in [1.54, 1.807) is 24.3 Å². The Morgan fingerprint density at radius 1 is 1.17 bits per heavy atom. The third-order valence-corrected chi connectivity index (χ3v) is 7.80. The average molecular weight is 434 g/mol. The number of benzene rings is 2. The molecule has 0 bridgehead atoms. The number of ether oxygens (including phenoxy) is 1. The molecule has 3 unspecified atom stereocenters. The molecule has 0 saturated carbocycles. The van der Waals surface area contributed by atoms with Crippen molar-refractivity contribution in [3.63, 3.8) is 0 Å². The molecular weight excluding hydrogens is 406 g/mol. The second-order valence-corrected chi connectivity index (χ2v) is 10.9. The molecule has 0 spiro atoms. The molecule has 1 aliphatic carbocycles. The van der Waals surface area contributed by atoms with Crippen molar-refractivity contribution in [3.05, 3.63) is 58.6 Å². The standard InChI is InChI=1S/C23H28ClNO3S/c1-16-12-17(15-28-20-7-9-21(10-8-20)29(2,26)27)14-25(16)19-6-11-22-18(13-19)4-3-5-23(22)24/h3-5,7-10,16-17,19H,6,11-15H2,1-2H3. The first-order chi connectivity index (χ1) is 13.8. The largest absolute Gasteiger partial charge is 0.493 e. The van der Waals surface area contributed by atoms with Crippen LogP contribution >= 0.6 is 11.6 Å². The monoisotopic (exact) mass is 433 g/mol. The van der Waals surface area contributed by atoms with Gasteiger partial charge in [0.1, 0.15) is 5.75 Å². The van der Waals surface area contributed by atoms with Crippen molar-refractivity contribution in [3.8, 4) is 5.75 Å². The third kappa shape index (κ3) is 4.62. The fourth-order valence-electron chi connectivity index (χ4n) is 4.82. The SMILES string of the molecule is CC1CC(COc2ccc(S(C)(=O)=O)cc2)CN1C1CCc2c(Cl)cccc2C1. The van der Waals surface area contributed by atoms with Gasteiger partial charge in [0, 0.05) is 35.8 Å². The molecule has 6 heteroatoms. The number of likely N-dealkylation sites (tertiary alicyclic amines) is 1. The number of fused-ring (bicyclic) bond motifs is 1. The van der Waals surface area contributed by atoms with Crippen molar-refractivity contribution in [2.45, 2.75) is 49.6 Å². The molecule has 0 radical (unpaired) electrons. The first-order valence-corrected chi connectivity index (χ1v) is 12.5. The van der Waals surface area contributed by atoms with Gasteiger partial charge in [-0.1, -0.05) is 23.7 Å². The summed E-state index contributed by atoms with van der Waals surface area (Å²) in [6.45, 7) is 4.02. The van der Waals surface area contributed by atoms with E-state index in [1.165, 1.54) is 17.4 Å². The van der Waals surface area contributed by atoms with Crippen molar-refractivity contribution in [2.75, 3.05) is 19.4 Å². The van der Waals surface area contributed by atoms with E-state index in [4.69, 9.17) is 16.3 Å². The van der Waals surface area contributed by atoms with Gasteiger partial charge < -0.3 is 4.74 Å². The lowest BCUT2D eigenvalue weighted by Gasteiger charge is -2.35. The summed E-state index contributed by atoms with van der Waals surface area (Å²) in [6, 6.07) is 14.1. The molecule has 1 saturated heterocycles. The van der Waals surface area contributed by atoms with Gasteiger partial charge in [-0.15, -0.1) is 0 Å². The Morgan fingerprint density at radius 3 is 2.66 bits per heavy atom. The van der Waals surface area contributed by atoms with Gasteiger partial charge in [-0.25, -0.2) is 8.42 Å². The Labute approximate surface area is 178 Å². The predicted molar refractivity (Wildman–Crippen MR) is 117 cm³/mol. The maximum Gasteiger partial charge on any atom is 0.175 e. The van der Waals surface area contributed by atoms with Gasteiger partial charge in [-0.2, -0.15) is 0 Å². The number of hydrogen-bond acceptors (Lipinski definition) is 4. The quantitative estimate of drug-likeness (QED) is 0.701. The van der Waals surface area contributed by atoms with Crippen LogP contribution in [-0.2, 0) is 22.7 Å². The minimum absolute atomic E-state index is 0.322. The minimum atomic E-state index is -3.17. The number of halogens is 1. The molecule has 29 heavy (non-hydrogen) atoms. The van der Waals surface area contributed by atoms with Gasteiger partial charge >= 0.3 is 0 Å². The summed E-state index contributed by atoms with van der Waals surface area (Å²) in [4.78, 5) is 2.97. The highest BCUT2D eigenvalue weighted by molar-refractivity contribution is 7.90.